The highest BCUT2D eigenvalue weighted by Crippen LogP contribution is 2.18. The molecule has 1 heterocycles. The maximum atomic E-state index is 11.9. The van der Waals surface area contributed by atoms with Gasteiger partial charge in [0.1, 0.15) is 0 Å². The molecule has 4 N–H and O–H groups in total. The van der Waals surface area contributed by atoms with E-state index < -0.39 is 12.0 Å². The van der Waals surface area contributed by atoms with Crippen LogP contribution in [0, 0.1) is 5.92 Å². The van der Waals surface area contributed by atoms with Crippen LogP contribution >= 0.6 is 0 Å². The number of imide groups is 1. The van der Waals surface area contributed by atoms with Gasteiger partial charge in [-0.25, -0.2) is 4.79 Å². The Labute approximate surface area is 124 Å². The smallest absolute Gasteiger partial charge is 0.321 e. The first-order valence-corrected chi connectivity index (χ1v) is 7.13. The van der Waals surface area contributed by atoms with Crippen molar-refractivity contribution in [3.05, 3.63) is 0 Å². The lowest BCUT2D eigenvalue weighted by atomic mass is 9.96. The molecule has 0 aromatic rings. The number of carbonyl (C=O) groups is 3. The Morgan fingerprint density at radius 3 is 2.71 bits per heavy atom. The molecule has 0 aliphatic carbocycles. The van der Waals surface area contributed by atoms with Gasteiger partial charge in [-0.15, -0.1) is 0 Å². The second kappa shape index (κ2) is 8.58. The molecule has 0 radical (unpaired) electrons. The summed E-state index contributed by atoms with van der Waals surface area (Å²) in [5.74, 6) is -0.886. The van der Waals surface area contributed by atoms with Crippen LogP contribution in [0.15, 0.2) is 0 Å². The number of amides is 3. The van der Waals surface area contributed by atoms with E-state index in [0.717, 1.165) is 25.9 Å². The summed E-state index contributed by atoms with van der Waals surface area (Å²) in [5, 5.41) is 16.1. The van der Waals surface area contributed by atoms with Gasteiger partial charge >= 0.3 is 12.0 Å². The molecule has 1 aliphatic rings. The molecule has 1 fully saturated rings. The van der Waals surface area contributed by atoms with Gasteiger partial charge in [-0.05, 0) is 38.8 Å². The number of rotatable bonds is 6. The Kier molecular flexibility index (Phi) is 7.10. The molecule has 1 aliphatic heterocycles. The minimum absolute atomic E-state index is 0.0524. The molecular weight excluding hydrogens is 276 g/mol. The molecule has 3 amide bonds. The van der Waals surface area contributed by atoms with Gasteiger partial charge in [0.15, 0.2) is 0 Å². The molecule has 0 aromatic heterocycles. The zero-order valence-corrected chi connectivity index (χ0v) is 12.5. The molecule has 0 spiro atoms. The molecule has 8 heteroatoms. The van der Waals surface area contributed by atoms with Crippen LogP contribution in [0.2, 0.25) is 0 Å². The van der Waals surface area contributed by atoms with E-state index in [0.29, 0.717) is 12.5 Å². The van der Waals surface area contributed by atoms with Gasteiger partial charge < -0.3 is 15.7 Å². The number of likely N-dealkylation sites (tertiary alicyclic amines) is 1. The summed E-state index contributed by atoms with van der Waals surface area (Å²) >= 11 is 0. The van der Waals surface area contributed by atoms with E-state index in [1.807, 2.05) is 4.90 Å². The number of hydrogen-bond acceptors (Lipinski definition) is 5. The number of nitrogens with one attached hydrogen (secondary N) is 3. The summed E-state index contributed by atoms with van der Waals surface area (Å²) in [6, 6.07) is -0.895. The Hall–Kier alpha value is -1.67. The zero-order valence-electron chi connectivity index (χ0n) is 12.5. The highest BCUT2D eigenvalue weighted by molar-refractivity contribution is 5.96. The number of nitrogens with zero attached hydrogens (tertiary/aromatic N) is 1. The first-order chi connectivity index (χ1) is 9.93. The van der Waals surface area contributed by atoms with E-state index in [2.05, 4.69) is 16.0 Å². The number of carboxylic acid groups (broad SMARTS) is 1. The maximum Gasteiger partial charge on any atom is 0.321 e. The number of hydrogen-bond donors (Lipinski definition) is 4. The standard InChI is InChI=1S/C13H24N4O4/c1-9(12(20)16-13(21)14-2)17-5-3-4-10(8-17)6-15-7-11(18)19/h9-10,15H,3-8H2,1-2H3,(H,18,19)(H2,14,16,20,21). The summed E-state index contributed by atoms with van der Waals surface area (Å²) in [5.41, 5.74) is 0. The van der Waals surface area contributed by atoms with E-state index in [9.17, 15) is 14.4 Å². The summed E-state index contributed by atoms with van der Waals surface area (Å²) in [4.78, 5) is 35.6. The third kappa shape index (κ3) is 6.09. The van der Waals surface area contributed by atoms with Crippen LogP contribution in [0.1, 0.15) is 19.8 Å². The fourth-order valence-electron chi connectivity index (χ4n) is 2.44. The summed E-state index contributed by atoms with van der Waals surface area (Å²) < 4.78 is 0. The van der Waals surface area contributed by atoms with E-state index in [1.54, 1.807) is 6.92 Å². The topological polar surface area (TPSA) is 111 Å². The van der Waals surface area contributed by atoms with Crippen molar-refractivity contribution in [2.24, 2.45) is 5.92 Å². The molecule has 2 atom stereocenters. The molecule has 0 saturated carbocycles. The molecule has 120 valence electrons. The van der Waals surface area contributed by atoms with Crippen molar-refractivity contribution in [3.8, 4) is 0 Å². The van der Waals surface area contributed by atoms with Crippen molar-refractivity contribution in [2.45, 2.75) is 25.8 Å². The van der Waals surface area contributed by atoms with Crippen molar-refractivity contribution in [3.63, 3.8) is 0 Å². The van der Waals surface area contributed by atoms with E-state index in [4.69, 9.17) is 5.11 Å². The Morgan fingerprint density at radius 2 is 2.10 bits per heavy atom. The molecule has 21 heavy (non-hydrogen) atoms. The molecule has 8 nitrogen and oxygen atoms in total. The van der Waals surface area contributed by atoms with Gasteiger partial charge in [-0.2, -0.15) is 0 Å². The highest BCUT2D eigenvalue weighted by Gasteiger charge is 2.27. The van der Waals surface area contributed by atoms with Crippen LogP contribution in [0.5, 0.6) is 0 Å². The number of carboxylic acids is 1. The maximum absolute atomic E-state index is 11.9. The lowest BCUT2D eigenvalue weighted by Crippen LogP contribution is -2.52. The average Bonchev–Trinajstić information content (AvgIpc) is 2.46. The SMILES string of the molecule is CNC(=O)NC(=O)C(C)N1CCCC(CNCC(=O)O)C1. The van der Waals surface area contributed by atoms with Gasteiger partial charge in [-0.1, -0.05) is 0 Å². The van der Waals surface area contributed by atoms with Crippen LogP contribution in [0.25, 0.3) is 0 Å². The Morgan fingerprint density at radius 1 is 1.38 bits per heavy atom. The van der Waals surface area contributed by atoms with E-state index in [-0.39, 0.29) is 18.5 Å². The summed E-state index contributed by atoms with van der Waals surface area (Å²) in [6.07, 6.45) is 1.96. The van der Waals surface area contributed by atoms with Crippen LogP contribution < -0.4 is 16.0 Å². The molecular formula is C13H24N4O4. The predicted octanol–water partition coefficient (Wildman–Crippen LogP) is -0.783. The summed E-state index contributed by atoms with van der Waals surface area (Å²) in [7, 11) is 1.46. The van der Waals surface area contributed by atoms with Crippen LogP contribution in [0.3, 0.4) is 0 Å². The third-order valence-electron chi connectivity index (χ3n) is 3.65. The first-order valence-electron chi connectivity index (χ1n) is 7.13. The predicted molar refractivity (Wildman–Crippen MR) is 76.9 cm³/mol. The molecule has 0 aromatic carbocycles. The zero-order chi connectivity index (χ0) is 15.8. The average molecular weight is 300 g/mol. The van der Waals surface area contributed by atoms with Gasteiger partial charge in [0.25, 0.3) is 0 Å². The fraction of sp³-hybridized carbons (Fsp3) is 0.769. The number of piperidine rings is 1. The second-order valence-corrected chi connectivity index (χ2v) is 5.27. The molecule has 1 rings (SSSR count). The fourth-order valence-corrected chi connectivity index (χ4v) is 2.44. The minimum Gasteiger partial charge on any atom is -0.480 e. The Balaban J connectivity index is 2.41. The largest absolute Gasteiger partial charge is 0.480 e. The number of carbonyl (C=O) groups excluding carboxylic acids is 2. The van der Waals surface area contributed by atoms with Crippen LogP contribution in [-0.2, 0) is 9.59 Å². The van der Waals surface area contributed by atoms with Crippen LogP contribution in [-0.4, -0.2) is 67.2 Å². The van der Waals surface area contributed by atoms with Gasteiger partial charge in [0.2, 0.25) is 5.91 Å². The van der Waals surface area contributed by atoms with E-state index in [1.165, 1.54) is 7.05 Å². The monoisotopic (exact) mass is 300 g/mol. The lowest BCUT2D eigenvalue weighted by Gasteiger charge is -2.36. The van der Waals surface area contributed by atoms with Gasteiger partial charge in [-0.3, -0.25) is 19.8 Å². The quantitative estimate of drug-likeness (QED) is 0.512. The van der Waals surface area contributed by atoms with Crippen molar-refractivity contribution >= 4 is 17.9 Å². The number of urea groups is 1. The second-order valence-electron chi connectivity index (χ2n) is 5.27. The first kappa shape index (κ1) is 17.4. The normalized spacial score (nSPS) is 20.6. The number of aliphatic carboxylic acids is 1. The molecule has 1 saturated heterocycles. The van der Waals surface area contributed by atoms with Gasteiger partial charge in [0.05, 0.1) is 12.6 Å². The summed E-state index contributed by atoms with van der Waals surface area (Å²) in [6.45, 7) is 3.85. The minimum atomic E-state index is -0.874. The molecule has 2 unspecified atom stereocenters. The van der Waals surface area contributed by atoms with Crippen molar-refractivity contribution < 1.29 is 19.5 Å². The third-order valence-corrected chi connectivity index (χ3v) is 3.65. The lowest BCUT2D eigenvalue weighted by molar-refractivity contribution is -0.136. The van der Waals surface area contributed by atoms with Gasteiger partial charge in [0, 0.05) is 13.6 Å². The molecule has 0 bridgehead atoms. The Bertz CT molecular complexity index is 388. The van der Waals surface area contributed by atoms with E-state index >= 15 is 0 Å². The highest BCUT2D eigenvalue weighted by atomic mass is 16.4. The van der Waals surface area contributed by atoms with Crippen molar-refractivity contribution in [1.29, 1.82) is 0 Å². The van der Waals surface area contributed by atoms with Crippen molar-refractivity contribution in [1.82, 2.24) is 20.9 Å². The van der Waals surface area contributed by atoms with Crippen molar-refractivity contribution in [2.75, 3.05) is 33.2 Å². The van der Waals surface area contributed by atoms with Crippen LogP contribution in [0.4, 0.5) is 4.79 Å².